The van der Waals surface area contributed by atoms with Crippen LogP contribution in [-0.2, 0) is 0 Å². The Kier molecular flexibility index (Phi) is 3.09. The summed E-state index contributed by atoms with van der Waals surface area (Å²) < 4.78 is 34.3. The summed E-state index contributed by atoms with van der Waals surface area (Å²) in [5.41, 5.74) is 0.756. The third-order valence-electron chi connectivity index (χ3n) is 2.54. The van der Waals surface area contributed by atoms with E-state index in [2.05, 4.69) is 21.7 Å². The number of alkyl halides is 2. The van der Waals surface area contributed by atoms with Crippen molar-refractivity contribution in [2.24, 2.45) is 0 Å². The molecule has 17 heavy (non-hydrogen) atoms. The fourth-order valence-corrected chi connectivity index (χ4v) is 1.83. The Morgan fingerprint density at radius 2 is 2.00 bits per heavy atom. The molecule has 0 aliphatic carbocycles. The van der Waals surface area contributed by atoms with Gasteiger partial charge in [0.15, 0.2) is 11.5 Å². The second kappa shape index (κ2) is 4.39. The molecular formula is C12H15F2NO2. The van der Waals surface area contributed by atoms with Crippen LogP contribution in [0.3, 0.4) is 0 Å². The highest BCUT2D eigenvalue weighted by atomic mass is 19.3. The van der Waals surface area contributed by atoms with Crippen LogP contribution in [0.2, 0.25) is 0 Å². The molecule has 1 unspecified atom stereocenters. The Hall–Kier alpha value is -1.52. The van der Waals surface area contributed by atoms with Gasteiger partial charge in [-0.1, -0.05) is 13.3 Å². The van der Waals surface area contributed by atoms with E-state index in [-0.39, 0.29) is 11.5 Å². The quantitative estimate of drug-likeness (QED) is 0.876. The van der Waals surface area contributed by atoms with E-state index in [1.165, 1.54) is 12.1 Å². The fourth-order valence-electron chi connectivity index (χ4n) is 1.83. The number of ether oxygens (including phenoxy) is 2. The summed E-state index contributed by atoms with van der Waals surface area (Å²) in [7, 11) is 0. The predicted molar refractivity (Wildman–Crippen MR) is 60.6 cm³/mol. The first-order valence-electron chi connectivity index (χ1n) is 5.66. The lowest BCUT2D eigenvalue weighted by atomic mass is 10.2. The van der Waals surface area contributed by atoms with E-state index >= 15 is 0 Å². The summed E-state index contributed by atoms with van der Waals surface area (Å²) in [5.74, 6) is 0.146. The molecule has 0 amide bonds. The van der Waals surface area contributed by atoms with Crippen LogP contribution in [0.4, 0.5) is 14.5 Å². The minimum atomic E-state index is -3.55. The average Bonchev–Trinajstić information content (AvgIpc) is 2.51. The van der Waals surface area contributed by atoms with E-state index in [4.69, 9.17) is 0 Å². The van der Waals surface area contributed by atoms with Gasteiger partial charge in [0.25, 0.3) is 0 Å². The molecule has 0 aromatic heterocycles. The third-order valence-corrected chi connectivity index (χ3v) is 2.54. The van der Waals surface area contributed by atoms with Crippen LogP contribution in [-0.4, -0.2) is 12.3 Å². The van der Waals surface area contributed by atoms with Crippen LogP contribution in [0.5, 0.6) is 11.5 Å². The summed E-state index contributed by atoms with van der Waals surface area (Å²) in [6.45, 7) is 4.14. The average molecular weight is 243 g/mol. The molecule has 1 N–H and O–H groups in total. The Morgan fingerprint density at radius 3 is 2.71 bits per heavy atom. The molecule has 1 heterocycles. The van der Waals surface area contributed by atoms with Crippen LogP contribution in [0.15, 0.2) is 18.2 Å². The maximum absolute atomic E-state index is 12.8. The number of halogens is 2. The zero-order chi connectivity index (χ0) is 12.5. The van der Waals surface area contributed by atoms with Crippen molar-refractivity contribution in [2.75, 3.05) is 5.32 Å². The first-order valence-corrected chi connectivity index (χ1v) is 5.66. The second-order valence-electron chi connectivity index (χ2n) is 4.16. The lowest BCUT2D eigenvalue weighted by Gasteiger charge is -2.14. The Labute approximate surface area is 98.7 Å². The van der Waals surface area contributed by atoms with E-state index in [1.807, 2.05) is 6.92 Å². The topological polar surface area (TPSA) is 30.5 Å². The summed E-state index contributed by atoms with van der Waals surface area (Å²) in [5, 5.41) is 3.22. The smallest absolute Gasteiger partial charge is 0.395 e. The molecule has 0 saturated carbocycles. The molecule has 0 saturated heterocycles. The van der Waals surface area contributed by atoms with Crippen molar-refractivity contribution in [3.63, 3.8) is 0 Å². The number of hydrogen-bond acceptors (Lipinski definition) is 3. The SMILES string of the molecule is CCCC(C)Nc1ccc2c(c1)OC(F)(F)O2. The van der Waals surface area contributed by atoms with Crippen molar-refractivity contribution in [3.05, 3.63) is 18.2 Å². The maximum atomic E-state index is 12.8. The number of rotatable bonds is 4. The van der Waals surface area contributed by atoms with Gasteiger partial charge in [-0.15, -0.1) is 8.78 Å². The standard InChI is InChI=1S/C12H15F2NO2/c1-3-4-8(2)15-9-5-6-10-11(7-9)17-12(13,14)16-10/h5-8,15H,3-4H2,1-2H3. The first kappa shape index (κ1) is 12.0. The van der Waals surface area contributed by atoms with Gasteiger partial charge in [-0.05, 0) is 25.5 Å². The van der Waals surface area contributed by atoms with Gasteiger partial charge in [-0.3, -0.25) is 0 Å². The van der Waals surface area contributed by atoms with Gasteiger partial charge in [0.2, 0.25) is 0 Å². The normalized spacial score (nSPS) is 17.9. The molecule has 1 aromatic rings. The highest BCUT2D eigenvalue weighted by Crippen LogP contribution is 2.42. The van der Waals surface area contributed by atoms with Crippen molar-refractivity contribution in [1.82, 2.24) is 0 Å². The zero-order valence-electron chi connectivity index (χ0n) is 9.80. The first-order chi connectivity index (χ1) is 8.00. The molecule has 0 bridgehead atoms. The van der Waals surface area contributed by atoms with Gasteiger partial charge >= 0.3 is 6.29 Å². The minimum absolute atomic E-state index is 0.0729. The van der Waals surface area contributed by atoms with Crippen LogP contribution in [0.25, 0.3) is 0 Å². The van der Waals surface area contributed by atoms with Gasteiger partial charge < -0.3 is 14.8 Å². The Balaban J connectivity index is 2.08. The molecule has 0 radical (unpaired) electrons. The summed E-state index contributed by atoms with van der Waals surface area (Å²) in [6, 6.07) is 5.01. The van der Waals surface area contributed by atoms with Crippen molar-refractivity contribution >= 4 is 5.69 Å². The highest BCUT2D eigenvalue weighted by molar-refractivity contribution is 5.56. The number of nitrogens with one attached hydrogen (secondary N) is 1. The van der Waals surface area contributed by atoms with Gasteiger partial charge in [-0.2, -0.15) is 0 Å². The van der Waals surface area contributed by atoms with Crippen LogP contribution >= 0.6 is 0 Å². The van der Waals surface area contributed by atoms with Crippen LogP contribution < -0.4 is 14.8 Å². The maximum Gasteiger partial charge on any atom is 0.586 e. The Bertz CT molecular complexity index is 409. The molecule has 1 aliphatic rings. The third kappa shape index (κ3) is 2.78. The van der Waals surface area contributed by atoms with Crippen molar-refractivity contribution in [1.29, 1.82) is 0 Å². The molecule has 0 spiro atoms. The lowest BCUT2D eigenvalue weighted by Crippen LogP contribution is -2.25. The van der Waals surface area contributed by atoms with E-state index in [0.29, 0.717) is 6.04 Å². The molecule has 0 fully saturated rings. The molecule has 1 atom stereocenters. The van der Waals surface area contributed by atoms with Crippen LogP contribution in [0, 0.1) is 0 Å². The summed E-state index contributed by atoms with van der Waals surface area (Å²) in [6.07, 6.45) is -1.46. The van der Waals surface area contributed by atoms with Gasteiger partial charge in [0.1, 0.15) is 0 Å². The number of benzene rings is 1. The monoisotopic (exact) mass is 243 g/mol. The van der Waals surface area contributed by atoms with Gasteiger partial charge in [0.05, 0.1) is 0 Å². The highest BCUT2D eigenvalue weighted by Gasteiger charge is 2.43. The fraction of sp³-hybridized carbons (Fsp3) is 0.500. The molecule has 1 aliphatic heterocycles. The van der Waals surface area contributed by atoms with E-state index < -0.39 is 6.29 Å². The Morgan fingerprint density at radius 1 is 1.29 bits per heavy atom. The molecule has 2 rings (SSSR count). The van der Waals surface area contributed by atoms with E-state index in [1.54, 1.807) is 6.07 Å². The molecule has 94 valence electrons. The van der Waals surface area contributed by atoms with Crippen molar-refractivity contribution in [3.8, 4) is 11.5 Å². The number of hydrogen-bond donors (Lipinski definition) is 1. The van der Waals surface area contributed by atoms with Crippen molar-refractivity contribution in [2.45, 2.75) is 39.0 Å². The minimum Gasteiger partial charge on any atom is -0.395 e. The predicted octanol–water partition coefficient (Wildman–Crippen LogP) is 3.61. The van der Waals surface area contributed by atoms with Gasteiger partial charge in [-0.25, -0.2) is 0 Å². The number of anilines is 1. The lowest BCUT2D eigenvalue weighted by molar-refractivity contribution is -0.286. The molecule has 3 nitrogen and oxygen atoms in total. The van der Waals surface area contributed by atoms with E-state index in [9.17, 15) is 8.78 Å². The van der Waals surface area contributed by atoms with E-state index in [0.717, 1.165) is 18.5 Å². The van der Waals surface area contributed by atoms with Crippen molar-refractivity contribution < 1.29 is 18.3 Å². The summed E-state index contributed by atoms with van der Waals surface area (Å²) >= 11 is 0. The zero-order valence-corrected chi connectivity index (χ0v) is 9.80. The largest absolute Gasteiger partial charge is 0.586 e. The molecular weight excluding hydrogens is 228 g/mol. The van der Waals surface area contributed by atoms with Crippen LogP contribution in [0.1, 0.15) is 26.7 Å². The molecule has 5 heteroatoms. The summed E-state index contributed by atoms with van der Waals surface area (Å²) in [4.78, 5) is 0. The molecule has 1 aromatic carbocycles. The second-order valence-corrected chi connectivity index (χ2v) is 4.16. The van der Waals surface area contributed by atoms with Gasteiger partial charge in [0, 0.05) is 17.8 Å². The number of fused-ring (bicyclic) bond motifs is 1.